The number of pyridine rings is 6. The number of nitrogens with zero attached hydrogens (tertiary/aromatic N) is 6. The van der Waals surface area contributed by atoms with Gasteiger partial charge in [-0.05, 0) is 36.4 Å². The van der Waals surface area contributed by atoms with Crippen molar-refractivity contribution < 1.29 is 28.4 Å². The van der Waals surface area contributed by atoms with E-state index in [9.17, 15) is 0 Å². The molecule has 0 atom stereocenters. The molecule has 3 aromatic carbocycles. The van der Waals surface area contributed by atoms with Crippen molar-refractivity contribution in [1.29, 1.82) is 0 Å². The molecule has 0 unspecified atom stereocenters. The third-order valence-corrected chi connectivity index (χ3v) is 9.83. The minimum absolute atomic E-state index is 0.478. The van der Waals surface area contributed by atoms with Gasteiger partial charge in [-0.2, -0.15) is 0 Å². The predicted octanol–water partition coefficient (Wildman–Crippen LogP) is 8.83. The monoisotopic (exact) mass is 756 g/mol. The lowest BCUT2D eigenvalue weighted by Crippen LogP contribution is -2.05. The average Bonchev–Trinajstić information content (AvgIpc) is 3.25. The molecule has 12 heteroatoms. The molecular formula is C45H36N6O6. The predicted molar refractivity (Wildman–Crippen MR) is 218 cm³/mol. The van der Waals surface area contributed by atoms with Gasteiger partial charge in [0.2, 0.25) is 0 Å². The van der Waals surface area contributed by atoms with Crippen LogP contribution < -0.4 is 28.4 Å². The summed E-state index contributed by atoms with van der Waals surface area (Å²) in [6.07, 6.45) is 12.5. The van der Waals surface area contributed by atoms with Crippen LogP contribution in [0.15, 0.2) is 110 Å². The Morgan fingerprint density at radius 2 is 0.439 bits per heavy atom. The van der Waals surface area contributed by atoms with E-state index in [0.717, 1.165) is 65.4 Å². The first kappa shape index (κ1) is 34.4. The van der Waals surface area contributed by atoms with E-state index in [-0.39, 0.29) is 0 Å². The molecule has 0 aliphatic carbocycles. The summed E-state index contributed by atoms with van der Waals surface area (Å²) in [5.74, 6) is 4.14. The topological polar surface area (TPSA) is 133 Å². The average molecular weight is 757 g/mol. The fraction of sp³-hybridized carbons (Fsp3) is 0.200. The fourth-order valence-electron chi connectivity index (χ4n) is 7.05. The number of rotatable bonds is 0. The number of benzene rings is 3. The Morgan fingerprint density at radius 3 is 0.614 bits per heavy atom. The summed E-state index contributed by atoms with van der Waals surface area (Å²) in [6.45, 7) is 2.87. The van der Waals surface area contributed by atoms with E-state index < -0.39 is 0 Å². The Balaban J connectivity index is 0.874. The largest absolute Gasteiger partial charge is 0.492 e. The quantitative estimate of drug-likeness (QED) is 0.137. The molecule has 0 spiro atoms. The van der Waals surface area contributed by atoms with E-state index in [4.69, 9.17) is 58.3 Å². The highest BCUT2D eigenvalue weighted by Gasteiger charge is 2.11. The van der Waals surface area contributed by atoms with Crippen molar-refractivity contribution in [2.24, 2.45) is 0 Å². The molecule has 0 saturated carbocycles. The zero-order valence-corrected chi connectivity index (χ0v) is 30.9. The lowest BCUT2D eigenvalue weighted by molar-refractivity contribution is 0.246. The van der Waals surface area contributed by atoms with Gasteiger partial charge in [-0.15, -0.1) is 0 Å². The van der Waals surface area contributed by atoms with Gasteiger partial charge in [0.25, 0.3) is 0 Å². The van der Waals surface area contributed by atoms with Crippen LogP contribution in [-0.2, 0) is 0 Å². The molecule has 9 aromatic rings. The summed E-state index contributed by atoms with van der Waals surface area (Å²) in [5, 5.41) is 5.69. The Hall–Kier alpha value is -7.08. The summed E-state index contributed by atoms with van der Waals surface area (Å²) in [6, 6.07) is 24.1. The van der Waals surface area contributed by atoms with E-state index >= 15 is 0 Å². The minimum Gasteiger partial charge on any atom is -0.492 e. The van der Waals surface area contributed by atoms with Crippen molar-refractivity contribution in [2.45, 2.75) is 19.3 Å². The van der Waals surface area contributed by atoms with Crippen molar-refractivity contribution in [2.75, 3.05) is 39.6 Å². The lowest BCUT2D eigenvalue weighted by atomic mass is 10.1. The van der Waals surface area contributed by atoms with Crippen LogP contribution in [0.3, 0.4) is 0 Å². The highest BCUT2D eigenvalue weighted by atomic mass is 16.5. The Kier molecular flexibility index (Phi) is 9.19. The molecule has 12 aliphatic heterocycles. The zero-order valence-electron chi connectivity index (χ0n) is 30.9. The Labute approximate surface area is 326 Å². The molecule has 0 N–H and O–H groups in total. The molecule has 12 aliphatic rings. The fourth-order valence-corrected chi connectivity index (χ4v) is 7.05. The standard InChI is InChI=1S/C45H36N6O6/c1-10-52-34-16-28-4-6-30-18-36(24-48-42(30)40(28)46-22-34)54-12-2-14-56-38-20-32-8-9-33-21-39(27-51-45(33)44(32)50-26-38)57-15-3-13-55-37-19-31-7-5-29-17-35(53-11-1)23-47-41(29)43(31)49-25-37/h4-9,16-27H,1-3,10-15H2. The van der Waals surface area contributed by atoms with Crippen molar-refractivity contribution in [1.82, 2.24) is 29.9 Å². The first-order valence-corrected chi connectivity index (χ1v) is 19.0. The van der Waals surface area contributed by atoms with E-state index in [1.807, 2.05) is 72.8 Å². The van der Waals surface area contributed by atoms with Crippen molar-refractivity contribution in [3.8, 4) is 34.5 Å². The van der Waals surface area contributed by atoms with E-state index in [0.29, 0.717) is 93.4 Å². The molecule has 0 radical (unpaired) electrons. The Bertz CT molecular complexity index is 2430. The Morgan fingerprint density at radius 1 is 0.263 bits per heavy atom. The lowest BCUT2D eigenvalue weighted by Gasteiger charge is -2.11. The molecular weight excluding hydrogens is 721 g/mol. The highest BCUT2D eigenvalue weighted by molar-refractivity contribution is 6.05. The smallest absolute Gasteiger partial charge is 0.138 e. The SMILES string of the molecule is c1nc2c3ccc4cc(cnc42)OCCCOc2cnc4c(ccc5cc(cnc54)OCCCOc4cnc5c(ccc6cc(cnc65)OCCCOc1c3)c4)c2. The maximum absolute atomic E-state index is 6.03. The van der Waals surface area contributed by atoms with Gasteiger partial charge in [0, 0.05) is 51.6 Å². The summed E-state index contributed by atoms with van der Waals surface area (Å²) in [5.41, 5.74) is 4.83. The van der Waals surface area contributed by atoms with Gasteiger partial charge in [-0.25, -0.2) is 0 Å². The van der Waals surface area contributed by atoms with Crippen molar-refractivity contribution >= 4 is 65.4 Å². The van der Waals surface area contributed by atoms with E-state index in [2.05, 4.69) is 0 Å². The van der Waals surface area contributed by atoms with Gasteiger partial charge in [-0.1, -0.05) is 36.4 Å². The second-order valence-corrected chi connectivity index (χ2v) is 13.8. The molecule has 0 saturated heterocycles. The third-order valence-electron chi connectivity index (χ3n) is 9.83. The molecule has 21 rings (SSSR count). The van der Waals surface area contributed by atoms with Gasteiger partial charge < -0.3 is 28.4 Å². The number of aromatic nitrogens is 6. The first-order chi connectivity index (χ1) is 28.2. The summed E-state index contributed by atoms with van der Waals surface area (Å²) in [7, 11) is 0. The van der Waals surface area contributed by atoms with Gasteiger partial charge in [0.05, 0.1) is 110 Å². The molecule has 0 amide bonds. The van der Waals surface area contributed by atoms with Crippen LogP contribution >= 0.6 is 0 Å². The third kappa shape index (κ3) is 7.25. The molecule has 0 fully saturated rings. The molecule has 12 nitrogen and oxygen atoms in total. The first-order valence-electron chi connectivity index (χ1n) is 19.0. The second kappa shape index (κ2) is 15.2. The maximum Gasteiger partial charge on any atom is 0.138 e. The zero-order chi connectivity index (χ0) is 38.0. The normalized spacial score (nSPS) is 14.5. The van der Waals surface area contributed by atoms with Gasteiger partial charge >= 0.3 is 0 Å². The van der Waals surface area contributed by atoms with E-state index in [1.54, 1.807) is 37.2 Å². The van der Waals surface area contributed by atoms with Crippen molar-refractivity contribution in [3.05, 3.63) is 110 Å². The van der Waals surface area contributed by atoms with Crippen LogP contribution in [-0.4, -0.2) is 69.5 Å². The molecule has 57 heavy (non-hydrogen) atoms. The van der Waals surface area contributed by atoms with Crippen LogP contribution in [0.5, 0.6) is 34.5 Å². The van der Waals surface area contributed by atoms with Crippen LogP contribution in [0.1, 0.15) is 19.3 Å². The minimum atomic E-state index is 0.478. The summed E-state index contributed by atoms with van der Waals surface area (Å²) >= 11 is 0. The number of ether oxygens (including phenoxy) is 6. The maximum atomic E-state index is 6.03. The molecule has 18 bridgehead atoms. The van der Waals surface area contributed by atoms with Crippen LogP contribution in [0.4, 0.5) is 0 Å². The van der Waals surface area contributed by atoms with Gasteiger partial charge in [0.15, 0.2) is 0 Å². The van der Waals surface area contributed by atoms with Crippen LogP contribution in [0, 0.1) is 0 Å². The van der Waals surface area contributed by atoms with E-state index in [1.165, 1.54) is 0 Å². The highest BCUT2D eigenvalue weighted by Crippen LogP contribution is 2.31. The summed E-state index contributed by atoms with van der Waals surface area (Å²) in [4.78, 5) is 28.2. The van der Waals surface area contributed by atoms with Gasteiger partial charge in [0.1, 0.15) is 34.5 Å². The molecule has 18 heterocycles. The second-order valence-electron chi connectivity index (χ2n) is 13.8. The molecule has 6 aromatic heterocycles. The molecule has 282 valence electrons. The number of hydrogen-bond acceptors (Lipinski definition) is 12. The number of hydrogen-bond donors (Lipinski definition) is 0. The van der Waals surface area contributed by atoms with Crippen LogP contribution in [0.2, 0.25) is 0 Å². The van der Waals surface area contributed by atoms with Crippen LogP contribution in [0.25, 0.3) is 65.4 Å². The van der Waals surface area contributed by atoms with Gasteiger partial charge in [-0.3, -0.25) is 29.9 Å². The van der Waals surface area contributed by atoms with Crippen molar-refractivity contribution in [3.63, 3.8) is 0 Å². The summed E-state index contributed by atoms with van der Waals surface area (Å²) < 4.78 is 36.2.